The number of carboxylic acids is 1. The highest BCUT2D eigenvalue weighted by Crippen LogP contribution is 2.09. The van der Waals surface area contributed by atoms with Gasteiger partial charge in [0.25, 0.3) is 0 Å². The number of hydrogen-bond acceptors (Lipinski definition) is 4. The van der Waals surface area contributed by atoms with E-state index in [1.54, 1.807) is 20.8 Å². The van der Waals surface area contributed by atoms with Crippen LogP contribution in [0, 0.1) is 0 Å². The standard InChI is InChI=1S/C12H22N2O4/c1-12(2,3)18-11(17)13-9(10(15)16)8-14-6-4-5-7-14/h9H,4-8H2,1-3H3,(H,13,17)(H,15,16). The summed E-state index contributed by atoms with van der Waals surface area (Å²) in [5.41, 5.74) is -0.624. The molecule has 1 atom stereocenters. The largest absolute Gasteiger partial charge is 0.480 e. The van der Waals surface area contributed by atoms with Gasteiger partial charge in [0.15, 0.2) is 0 Å². The fraction of sp³-hybridized carbons (Fsp3) is 0.833. The molecule has 0 aliphatic carbocycles. The highest BCUT2D eigenvalue weighted by Gasteiger charge is 2.26. The van der Waals surface area contributed by atoms with Crippen LogP contribution < -0.4 is 5.32 Å². The predicted octanol–water partition coefficient (Wildman–Crippen LogP) is 1.06. The van der Waals surface area contributed by atoms with E-state index in [4.69, 9.17) is 9.84 Å². The van der Waals surface area contributed by atoms with Crippen molar-refractivity contribution in [1.29, 1.82) is 0 Å². The molecule has 104 valence electrons. The highest BCUT2D eigenvalue weighted by molar-refractivity contribution is 5.80. The summed E-state index contributed by atoms with van der Waals surface area (Å²) in [6.45, 7) is 7.32. The van der Waals surface area contributed by atoms with Crippen molar-refractivity contribution in [1.82, 2.24) is 10.2 Å². The van der Waals surface area contributed by atoms with E-state index in [-0.39, 0.29) is 0 Å². The summed E-state index contributed by atoms with van der Waals surface area (Å²) in [6.07, 6.45) is 1.48. The zero-order chi connectivity index (χ0) is 13.8. The number of carbonyl (C=O) groups excluding carboxylic acids is 1. The molecule has 1 aliphatic heterocycles. The molecule has 0 aromatic carbocycles. The Hall–Kier alpha value is -1.30. The number of carbonyl (C=O) groups is 2. The van der Waals surface area contributed by atoms with Crippen LogP contribution in [0.5, 0.6) is 0 Å². The molecule has 1 unspecified atom stereocenters. The molecule has 18 heavy (non-hydrogen) atoms. The molecule has 6 heteroatoms. The second-order valence-electron chi connectivity index (χ2n) is 5.54. The second kappa shape index (κ2) is 6.04. The third kappa shape index (κ3) is 5.35. The van der Waals surface area contributed by atoms with E-state index in [1.165, 1.54) is 0 Å². The molecular formula is C12H22N2O4. The maximum atomic E-state index is 11.5. The molecule has 1 heterocycles. The van der Waals surface area contributed by atoms with Crippen molar-refractivity contribution in [2.45, 2.75) is 45.3 Å². The van der Waals surface area contributed by atoms with Crippen molar-refractivity contribution < 1.29 is 19.4 Å². The van der Waals surface area contributed by atoms with Gasteiger partial charge in [-0.1, -0.05) is 0 Å². The summed E-state index contributed by atoms with van der Waals surface area (Å²) >= 11 is 0. The van der Waals surface area contributed by atoms with E-state index in [0.717, 1.165) is 25.9 Å². The third-order valence-electron chi connectivity index (χ3n) is 2.63. The monoisotopic (exact) mass is 258 g/mol. The molecule has 6 nitrogen and oxygen atoms in total. The lowest BCUT2D eigenvalue weighted by atomic mass is 10.2. The number of carboxylic acid groups (broad SMARTS) is 1. The summed E-state index contributed by atoms with van der Waals surface area (Å²) in [4.78, 5) is 24.7. The minimum Gasteiger partial charge on any atom is -0.480 e. The summed E-state index contributed by atoms with van der Waals surface area (Å²) in [6, 6.07) is -0.919. The van der Waals surface area contributed by atoms with Crippen LogP contribution >= 0.6 is 0 Å². The lowest BCUT2D eigenvalue weighted by Gasteiger charge is -2.24. The summed E-state index contributed by atoms with van der Waals surface area (Å²) in [7, 11) is 0. The maximum Gasteiger partial charge on any atom is 0.408 e. The number of nitrogens with zero attached hydrogens (tertiary/aromatic N) is 1. The summed E-state index contributed by atoms with van der Waals surface area (Å²) in [5, 5.41) is 11.5. The minimum atomic E-state index is -1.03. The topological polar surface area (TPSA) is 78.9 Å². The predicted molar refractivity (Wildman–Crippen MR) is 66.5 cm³/mol. The zero-order valence-electron chi connectivity index (χ0n) is 11.2. The van der Waals surface area contributed by atoms with Crippen molar-refractivity contribution in [3.63, 3.8) is 0 Å². The highest BCUT2D eigenvalue weighted by atomic mass is 16.6. The second-order valence-corrected chi connectivity index (χ2v) is 5.54. The number of aliphatic carboxylic acids is 1. The molecule has 1 aliphatic rings. The van der Waals surface area contributed by atoms with Gasteiger partial charge in [-0.25, -0.2) is 9.59 Å². The first-order valence-corrected chi connectivity index (χ1v) is 6.22. The Morgan fingerprint density at radius 2 is 1.89 bits per heavy atom. The van der Waals surface area contributed by atoms with Crippen LogP contribution in [0.15, 0.2) is 0 Å². The Bertz CT molecular complexity index is 306. The number of amides is 1. The lowest BCUT2D eigenvalue weighted by molar-refractivity contribution is -0.139. The first-order chi connectivity index (χ1) is 8.28. The summed E-state index contributed by atoms with van der Waals surface area (Å²) < 4.78 is 5.05. The van der Waals surface area contributed by atoms with E-state index in [1.807, 2.05) is 4.90 Å². The minimum absolute atomic E-state index is 0.328. The van der Waals surface area contributed by atoms with Crippen LogP contribution in [0.3, 0.4) is 0 Å². The third-order valence-corrected chi connectivity index (χ3v) is 2.63. The van der Waals surface area contributed by atoms with E-state index < -0.39 is 23.7 Å². The molecule has 1 saturated heterocycles. The van der Waals surface area contributed by atoms with Crippen LogP contribution in [-0.2, 0) is 9.53 Å². The normalized spacial score (nSPS) is 18.4. The Morgan fingerprint density at radius 1 is 1.33 bits per heavy atom. The first-order valence-electron chi connectivity index (χ1n) is 6.22. The average molecular weight is 258 g/mol. The summed E-state index contributed by atoms with van der Waals surface area (Å²) in [5.74, 6) is -1.03. The van der Waals surface area contributed by atoms with E-state index in [9.17, 15) is 9.59 Å². The fourth-order valence-corrected chi connectivity index (χ4v) is 1.86. The SMILES string of the molecule is CC(C)(C)OC(=O)NC(CN1CCCC1)C(=O)O. The van der Waals surface area contributed by atoms with Gasteiger partial charge < -0.3 is 20.1 Å². The number of ether oxygens (including phenoxy) is 1. The number of hydrogen-bond donors (Lipinski definition) is 2. The molecule has 1 amide bonds. The zero-order valence-corrected chi connectivity index (χ0v) is 11.2. The van der Waals surface area contributed by atoms with Gasteiger partial charge in [0.2, 0.25) is 0 Å². The van der Waals surface area contributed by atoms with Crippen molar-refractivity contribution in [3.8, 4) is 0 Å². The van der Waals surface area contributed by atoms with Crippen LogP contribution in [0.2, 0.25) is 0 Å². The van der Waals surface area contributed by atoms with Gasteiger partial charge in [-0.2, -0.15) is 0 Å². The Labute approximate surface area is 107 Å². The molecule has 0 bridgehead atoms. The molecule has 0 saturated carbocycles. The van der Waals surface area contributed by atoms with Crippen molar-refractivity contribution in [2.75, 3.05) is 19.6 Å². The molecule has 0 aromatic rings. The Balaban J connectivity index is 2.46. The van der Waals surface area contributed by atoms with E-state index >= 15 is 0 Å². The number of alkyl carbamates (subject to hydrolysis) is 1. The number of likely N-dealkylation sites (tertiary alicyclic amines) is 1. The quantitative estimate of drug-likeness (QED) is 0.788. The molecule has 0 spiro atoms. The van der Waals surface area contributed by atoms with Gasteiger partial charge in [-0.05, 0) is 46.7 Å². The molecule has 2 N–H and O–H groups in total. The molecule has 0 aromatic heterocycles. The van der Waals surface area contributed by atoms with Crippen LogP contribution in [-0.4, -0.2) is 53.3 Å². The van der Waals surface area contributed by atoms with Gasteiger partial charge in [0.05, 0.1) is 0 Å². The lowest BCUT2D eigenvalue weighted by Crippen LogP contribution is -2.49. The van der Waals surface area contributed by atoms with Gasteiger partial charge in [0, 0.05) is 6.54 Å². The van der Waals surface area contributed by atoms with Gasteiger partial charge in [-0.15, -0.1) is 0 Å². The molecule has 1 fully saturated rings. The Kier molecular flexibility index (Phi) is 4.95. The van der Waals surface area contributed by atoms with Crippen LogP contribution in [0.25, 0.3) is 0 Å². The maximum absolute atomic E-state index is 11.5. The van der Waals surface area contributed by atoms with E-state index in [0.29, 0.717) is 6.54 Å². The molecule has 1 rings (SSSR count). The van der Waals surface area contributed by atoms with Crippen LogP contribution in [0.1, 0.15) is 33.6 Å². The van der Waals surface area contributed by atoms with Gasteiger partial charge in [-0.3, -0.25) is 0 Å². The Morgan fingerprint density at radius 3 is 2.33 bits per heavy atom. The van der Waals surface area contributed by atoms with Crippen LogP contribution in [0.4, 0.5) is 4.79 Å². The van der Waals surface area contributed by atoms with Crippen molar-refractivity contribution in [2.24, 2.45) is 0 Å². The number of nitrogens with one attached hydrogen (secondary N) is 1. The average Bonchev–Trinajstić information content (AvgIpc) is 2.66. The van der Waals surface area contributed by atoms with Gasteiger partial charge in [0.1, 0.15) is 11.6 Å². The fourth-order valence-electron chi connectivity index (χ4n) is 1.86. The smallest absolute Gasteiger partial charge is 0.408 e. The van der Waals surface area contributed by atoms with Gasteiger partial charge >= 0.3 is 12.1 Å². The number of rotatable bonds is 4. The van der Waals surface area contributed by atoms with Crippen molar-refractivity contribution in [3.05, 3.63) is 0 Å². The molecular weight excluding hydrogens is 236 g/mol. The van der Waals surface area contributed by atoms with Crippen molar-refractivity contribution >= 4 is 12.1 Å². The first kappa shape index (κ1) is 14.8. The molecule has 0 radical (unpaired) electrons. The van der Waals surface area contributed by atoms with E-state index in [2.05, 4.69) is 5.32 Å².